The molecule has 1 heterocycles. The summed E-state index contributed by atoms with van der Waals surface area (Å²) < 4.78 is 14.7. The summed E-state index contributed by atoms with van der Waals surface area (Å²) in [5.41, 5.74) is 12.2. The summed E-state index contributed by atoms with van der Waals surface area (Å²) in [4.78, 5) is 13.1. The quantitative estimate of drug-likeness (QED) is 0.455. The van der Waals surface area contributed by atoms with Crippen molar-refractivity contribution >= 4 is 27.3 Å². The van der Waals surface area contributed by atoms with E-state index in [9.17, 15) is 9.30 Å². The van der Waals surface area contributed by atoms with E-state index in [0.29, 0.717) is 10.3 Å². The van der Waals surface area contributed by atoms with E-state index < -0.39 is 5.82 Å². The van der Waals surface area contributed by atoms with Crippen molar-refractivity contribution in [2.24, 2.45) is 16.6 Å². The van der Waals surface area contributed by atoms with Gasteiger partial charge in [0.15, 0.2) is 0 Å². The SMILES string of the molecule is CN(/C(N)=C/C=C(\N)c1c(F)cc(Br)cc1N=O)C1CC(C)(C)NC(C)(C)C1. The van der Waals surface area contributed by atoms with Gasteiger partial charge in [-0.1, -0.05) is 15.9 Å². The molecule has 1 aromatic rings. The molecule has 28 heavy (non-hydrogen) atoms. The lowest BCUT2D eigenvalue weighted by Gasteiger charge is -2.49. The van der Waals surface area contributed by atoms with E-state index in [4.69, 9.17) is 11.5 Å². The highest BCUT2D eigenvalue weighted by molar-refractivity contribution is 9.10. The van der Waals surface area contributed by atoms with Crippen LogP contribution in [-0.2, 0) is 0 Å². The van der Waals surface area contributed by atoms with Gasteiger partial charge in [-0.05, 0) is 70.0 Å². The second-order valence-corrected chi connectivity index (χ2v) is 9.57. The largest absolute Gasteiger partial charge is 0.398 e. The summed E-state index contributed by atoms with van der Waals surface area (Å²) in [5.74, 6) is -0.112. The fourth-order valence-electron chi connectivity index (χ4n) is 4.05. The Morgan fingerprint density at radius 2 is 1.82 bits per heavy atom. The molecule has 0 amide bonds. The predicted octanol–water partition coefficient (Wildman–Crippen LogP) is 4.33. The number of nitrogens with two attached hydrogens (primary N) is 2. The minimum atomic E-state index is -0.625. The third-order valence-electron chi connectivity index (χ3n) is 4.98. The van der Waals surface area contributed by atoms with Gasteiger partial charge in [0.25, 0.3) is 0 Å². The van der Waals surface area contributed by atoms with Crippen LogP contribution >= 0.6 is 15.9 Å². The van der Waals surface area contributed by atoms with Crippen LogP contribution in [0.5, 0.6) is 0 Å². The summed E-state index contributed by atoms with van der Waals surface area (Å²) in [6, 6.07) is 2.90. The molecule has 0 atom stereocenters. The first-order chi connectivity index (χ1) is 12.8. The second kappa shape index (κ2) is 8.21. The van der Waals surface area contributed by atoms with Gasteiger partial charge in [0.05, 0.1) is 11.4 Å². The average molecular weight is 454 g/mol. The second-order valence-electron chi connectivity index (χ2n) is 8.65. The van der Waals surface area contributed by atoms with Crippen LogP contribution in [-0.4, -0.2) is 29.1 Å². The molecule has 0 saturated carbocycles. The van der Waals surface area contributed by atoms with Gasteiger partial charge in [-0.2, -0.15) is 0 Å². The van der Waals surface area contributed by atoms with Gasteiger partial charge < -0.3 is 21.7 Å². The molecule has 0 spiro atoms. The number of piperidine rings is 1. The monoisotopic (exact) mass is 453 g/mol. The molecule has 8 heteroatoms. The molecule has 1 aliphatic heterocycles. The summed E-state index contributed by atoms with van der Waals surface area (Å²) in [7, 11) is 1.94. The van der Waals surface area contributed by atoms with E-state index in [2.05, 4.69) is 54.1 Å². The first kappa shape index (κ1) is 22.4. The molecule has 5 N–H and O–H groups in total. The number of allylic oxidation sites excluding steroid dienone is 2. The summed E-state index contributed by atoms with van der Waals surface area (Å²) in [5, 5.41) is 6.52. The van der Waals surface area contributed by atoms with Gasteiger partial charge in [0.1, 0.15) is 11.5 Å². The van der Waals surface area contributed by atoms with Crippen LogP contribution in [0.3, 0.4) is 0 Å². The molecule has 1 saturated heterocycles. The van der Waals surface area contributed by atoms with Gasteiger partial charge >= 0.3 is 0 Å². The van der Waals surface area contributed by atoms with Crippen LogP contribution in [0.4, 0.5) is 10.1 Å². The van der Waals surface area contributed by atoms with E-state index in [-0.39, 0.29) is 34.1 Å². The lowest BCUT2D eigenvalue weighted by molar-refractivity contribution is 0.0981. The van der Waals surface area contributed by atoms with E-state index in [0.717, 1.165) is 12.8 Å². The number of hydrogen-bond donors (Lipinski definition) is 3. The van der Waals surface area contributed by atoms with E-state index in [1.165, 1.54) is 18.2 Å². The first-order valence-electron chi connectivity index (χ1n) is 9.13. The number of halogens is 2. The Hall–Kier alpha value is -1.93. The molecular formula is C20H29BrFN5O. The van der Waals surface area contributed by atoms with Crippen molar-refractivity contribution in [3.05, 3.63) is 50.9 Å². The van der Waals surface area contributed by atoms with Crippen molar-refractivity contribution in [1.29, 1.82) is 0 Å². The Balaban J connectivity index is 2.27. The zero-order chi connectivity index (χ0) is 21.3. The van der Waals surface area contributed by atoms with Crippen molar-refractivity contribution in [1.82, 2.24) is 10.2 Å². The molecule has 2 rings (SSSR count). The topological polar surface area (TPSA) is 96.7 Å². The third kappa shape index (κ3) is 5.32. The van der Waals surface area contributed by atoms with E-state index in [1.54, 1.807) is 6.08 Å². The van der Waals surface area contributed by atoms with Gasteiger partial charge in [0, 0.05) is 34.3 Å². The van der Waals surface area contributed by atoms with E-state index >= 15 is 0 Å². The number of rotatable bonds is 5. The standard InChI is InChI=1S/C20H29BrFN5O/c1-19(2)10-13(11-20(3,4)26-19)27(5)17(24)7-6-15(23)18-14(22)8-12(21)9-16(18)25-28/h6-9,13,26H,10-11,23-24H2,1-5H3/b15-6-,17-7+. The molecule has 0 radical (unpaired) electrons. The fourth-order valence-corrected chi connectivity index (χ4v) is 4.46. The van der Waals surface area contributed by atoms with Crippen LogP contribution in [0.15, 0.2) is 39.8 Å². The molecule has 6 nitrogen and oxygen atoms in total. The summed E-state index contributed by atoms with van der Waals surface area (Å²) in [6.07, 6.45) is 5.00. The van der Waals surface area contributed by atoms with Crippen LogP contribution in [0.1, 0.15) is 46.1 Å². The Labute approximate surface area is 174 Å². The number of benzene rings is 1. The molecule has 0 unspecified atom stereocenters. The molecule has 1 aliphatic rings. The molecule has 0 aromatic heterocycles. The zero-order valence-electron chi connectivity index (χ0n) is 17.0. The minimum absolute atomic E-state index is 0.0130. The minimum Gasteiger partial charge on any atom is -0.398 e. The van der Waals surface area contributed by atoms with Crippen LogP contribution in [0, 0.1) is 10.7 Å². The number of nitrogens with one attached hydrogen (secondary N) is 1. The van der Waals surface area contributed by atoms with Crippen molar-refractivity contribution in [2.45, 2.75) is 57.7 Å². The maximum Gasteiger partial charge on any atom is 0.135 e. The molecule has 154 valence electrons. The van der Waals surface area contributed by atoms with E-state index in [1.807, 2.05) is 11.9 Å². The Kier molecular flexibility index (Phi) is 6.55. The normalized spacial score (nSPS) is 20.1. The highest BCUT2D eigenvalue weighted by Crippen LogP contribution is 2.33. The van der Waals surface area contributed by atoms with Crippen LogP contribution in [0.25, 0.3) is 5.70 Å². The van der Waals surface area contributed by atoms with Crippen molar-refractivity contribution in [3.8, 4) is 0 Å². The Morgan fingerprint density at radius 3 is 2.36 bits per heavy atom. The maximum atomic E-state index is 14.3. The lowest BCUT2D eigenvalue weighted by atomic mass is 9.79. The summed E-state index contributed by atoms with van der Waals surface area (Å²) in [6.45, 7) is 8.71. The van der Waals surface area contributed by atoms with Crippen molar-refractivity contribution < 1.29 is 4.39 Å². The molecule has 0 aliphatic carbocycles. The predicted molar refractivity (Wildman–Crippen MR) is 116 cm³/mol. The van der Waals surface area contributed by atoms with Crippen molar-refractivity contribution in [3.63, 3.8) is 0 Å². The molecule has 1 aromatic carbocycles. The lowest BCUT2D eigenvalue weighted by Crippen LogP contribution is -2.61. The van der Waals surface area contributed by atoms with Crippen molar-refractivity contribution in [2.75, 3.05) is 7.05 Å². The highest BCUT2D eigenvalue weighted by Gasteiger charge is 2.39. The fraction of sp³-hybridized carbons (Fsp3) is 0.500. The smallest absolute Gasteiger partial charge is 0.135 e. The zero-order valence-corrected chi connectivity index (χ0v) is 18.6. The number of hydrogen-bond acceptors (Lipinski definition) is 6. The van der Waals surface area contributed by atoms with Gasteiger partial charge in [-0.15, -0.1) is 4.91 Å². The molecule has 0 bridgehead atoms. The van der Waals surface area contributed by atoms with Crippen LogP contribution < -0.4 is 16.8 Å². The Morgan fingerprint density at radius 1 is 1.25 bits per heavy atom. The number of nitrogens with zero attached hydrogens (tertiary/aromatic N) is 2. The van der Waals surface area contributed by atoms with Gasteiger partial charge in [-0.25, -0.2) is 4.39 Å². The number of nitroso groups, excluding NO2 is 1. The van der Waals surface area contributed by atoms with Gasteiger partial charge in [-0.3, -0.25) is 0 Å². The molecular weight excluding hydrogens is 425 g/mol. The average Bonchev–Trinajstić information content (AvgIpc) is 2.55. The van der Waals surface area contributed by atoms with Gasteiger partial charge in [0.2, 0.25) is 0 Å². The Bertz CT molecular complexity index is 803. The highest BCUT2D eigenvalue weighted by atomic mass is 79.9. The third-order valence-corrected chi connectivity index (χ3v) is 5.44. The van der Waals surface area contributed by atoms with Crippen LogP contribution in [0.2, 0.25) is 0 Å². The maximum absolute atomic E-state index is 14.3. The molecule has 1 fully saturated rings. The first-order valence-corrected chi connectivity index (χ1v) is 9.92. The summed E-state index contributed by atoms with van der Waals surface area (Å²) >= 11 is 3.14.